The molecular formula is C25H28N4O5S. The topological polar surface area (TPSA) is 122 Å². The summed E-state index contributed by atoms with van der Waals surface area (Å²) in [7, 11) is 0. The van der Waals surface area contributed by atoms with Gasteiger partial charge in [0.05, 0.1) is 22.6 Å². The Morgan fingerprint density at radius 3 is 2.60 bits per heavy atom. The molecule has 3 aromatic heterocycles. The van der Waals surface area contributed by atoms with E-state index in [1.54, 1.807) is 6.92 Å². The van der Waals surface area contributed by atoms with Crippen LogP contribution in [0.4, 0.5) is 0 Å². The zero-order valence-corrected chi connectivity index (χ0v) is 21.1. The number of aromatic nitrogens is 3. The highest BCUT2D eigenvalue weighted by molar-refractivity contribution is 7.22. The van der Waals surface area contributed by atoms with E-state index >= 15 is 0 Å². The Hall–Kier alpha value is -3.66. The van der Waals surface area contributed by atoms with Gasteiger partial charge in [0.25, 0.3) is 5.56 Å². The maximum Gasteiger partial charge on any atom is 0.333 e. The van der Waals surface area contributed by atoms with Crippen LogP contribution >= 0.6 is 11.3 Å². The number of carbonyl (C=O) groups excluding carboxylic acids is 1. The second-order valence-corrected chi connectivity index (χ2v) is 10.1. The van der Waals surface area contributed by atoms with Gasteiger partial charge < -0.3 is 14.9 Å². The van der Waals surface area contributed by atoms with Gasteiger partial charge in [-0.15, -0.1) is 11.3 Å². The molecule has 4 aromatic rings. The maximum absolute atomic E-state index is 13.7. The minimum absolute atomic E-state index is 0.00727. The fraction of sp³-hybridized carbons (Fsp3) is 0.360. The lowest BCUT2D eigenvalue weighted by atomic mass is 10.0. The Balaban J connectivity index is 1.94. The molecule has 0 aliphatic carbocycles. The summed E-state index contributed by atoms with van der Waals surface area (Å²) in [6.07, 6.45) is 3.43. The molecule has 9 nitrogen and oxygen atoms in total. The third kappa shape index (κ3) is 4.29. The van der Waals surface area contributed by atoms with Crippen LogP contribution in [0.5, 0.6) is 5.75 Å². The van der Waals surface area contributed by atoms with E-state index in [2.05, 4.69) is 4.98 Å². The Morgan fingerprint density at radius 2 is 1.97 bits per heavy atom. The minimum Gasteiger partial charge on any atom is -0.491 e. The molecule has 0 saturated carbocycles. The van der Waals surface area contributed by atoms with E-state index in [0.29, 0.717) is 33.0 Å². The van der Waals surface area contributed by atoms with Crippen LogP contribution in [0.25, 0.3) is 21.0 Å². The Kier molecular flexibility index (Phi) is 6.42. The van der Waals surface area contributed by atoms with Crippen molar-refractivity contribution >= 4 is 27.5 Å². The van der Waals surface area contributed by atoms with Gasteiger partial charge in [-0.05, 0) is 58.2 Å². The second-order valence-electron chi connectivity index (χ2n) is 9.10. The third-order valence-corrected chi connectivity index (χ3v) is 7.24. The Bertz CT molecular complexity index is 1510. The van der Waals surface area contributed by atoms with Crippen molar-refractivity contribution in [1.29, 1.82) is 0 Å². The number of thiophene rings is 1. The van der Waals surface area contributed by atoms with Crippen LogP contribution < -0.4 is 21.7 Å². The first-order valence-electron chi connectivity index (χ1n) is 11.3. The molecule has 0 fully saturated rings. The van der Waals surface area contributed by atoms with Gasteiger partial charge in [-0.2, -0.15) is 0 Å². The molecule has 2 N–H and O–H groups in total. The smallest absolute Gasteiger partial charge is 0.333 e. The lowest BCUT2D eigenvalue weighted by Gasteiger charge is -2.24. The zero-order valence-electron chi connectivity index (χ0n) is 20.3. The largest absolute Gasteiger partial charge is 0.491 e. The van der Waals surface area contributed by atoms with Gasteiger partial charge in [0.15, 0.2) is 0 Å². The second kappa shape index (κ2) is 9.18. The van der Waals surface area contributed by atoms with Crippen molar-refractivity contribution in [3.8, 4) is 16.5 Å². The number of hydrogen-bond acceptors (Lipinski definition) is 7. The molecule has 35 heavy (non-hydrogen) atoms. The first-order valence-corrected chi connectivity index (χ1v) is 12.1. The number of primary amides is 1. The molecule has 0 spiro atoms. The molecule has 0 aliphatic rings. The molecule has 0 saturated heterocycles. The number of benzene rings is 1. The molecular weight excluding hydrogens is 468 g/mol. The molecule has 0 aliphatic heterocycles. The van der Waals surface area contributed by atoms with Gasteiger partial charge in [0.2, 0.25) is 11.8 Å². The number of oxazole rings is 1. The molecule has 184 valence electrons. The SMILES string of the molecule is Cc1c(-c2ncco2)sc2c1c(=O)n(C(C)(C)C(N)=O)c(=O)n2CCc1ccccc1OC(C)C. The number of ether oxygens (including phenoxy) is 1. The molecule has 0 radical (unpaired) electrons. The van der Waals surface area contributed by atoms with Gasteiger partial charge in [-0.25, -0.2) is 14.3 Å². The van der Waals surface area contributed by atoms with E-state index < -0.39 is 22.7 Å². The lowest BCUT2D eigenvalue weighted by Crippen LogP contribution is -2.54. The normalized spacial score (nSPS) is 11.9. The lowest BCUT2D eigenvalue weighted by molar-refractivity contribution is -0.125. The number of nitrogens with two attached hydrogens (primary N) is 1. The Morgan fingerprint density at radius 1 is 1.26 bits per heavy atom. The van der Waals surface area contributed by atoms with Gasteiger partial charge in [0.1, 0.15) is 22.4 Å². The monoisotopic (exact) mass is 496 g/mol. The van der Waals surface area contributed by atoms with Gasteiger partial charge in [-0.1, -0.05) is 18.2 Å². The predicted octanol–water partition coefficient (Wildman–Crippen LogP) is 3.44. The van der Waals surface area contributed by atoms with E-state index in [1.807, 2.05) is 38.1 Å². The predicted molar refractivity (Wildman–Crippen MR) is 135 cm³/mol. The van der Waals surface area contributed by atoms with Crippen LogP contribution in [0.1, 0.15) is 38.8 Å². The van der Waals surface area contributed by atoms with Crippen molar-refractivity contribution in [2.45, 2.75) is 59.2 Å². The molecule has 10 heteroatoms. The highest BCUT2D eigenvalue weighted by atomic mass is 32.1. The van der Waals surface area contributed by atoms with E-state index in [-0.39, 0.29) is 12.6 Å². The number of aryl methyl sites for hydroxylation is 3. The standard InChI is InChI=1S/C25H28N4O5S/c1-14(2)34-17-9-7-6-8-16(17)10-12-28-22-18(15(3)19(35-22)20-27-11-13-33-20)21(30)29(24(28)32)25(4,5)23(26)31/h6-9,11,13-14H,10,12H2,1-5H3,(H2,26,31). The molecule has 1 aromatic carbocycles. The van der Waals surface area contributed by atoms with Crippen molar-refractivity contribution < 1.29 is 13.9 Å². The van der Waals surface area contributed by atoms with Gasteiger partial charge in [0, 0.05) is 6.54 Å². The van der Waals surface area contributed by atoms with Crippen LogP contribution in [0.3, 0.4) is 0 Å². The number of fused-ring (bicyclic) bond motifs is 1. The zero-order chi connectivity index (χ0) is 25.5. The highest BCUT2D eigenvalue weighted by Gasteiger charge is 2.34. The van der Waals surface area contributed by atoms with Crippen LogP contribution in [0.2, 0.25) is 0 Å². The summed E-state index contributed by atoms with van der Waals surface area (Å²) in [5.41, 5.74) is 4.45. The van der Waals surface area contributed by atoms with E-state index in [1.165, 1.54) is 42.2 Å². The third-order valence-electron chi connectivity index (χ3n) is 5.94. The van der Waals surface area contributed by atoms with Crippen LogP contribution in [0, 0.1) is 6.92 Å². The molecule has 0 bridgehead atoms. The summed E-state index contributed by atoms with van der Waals surface area (Å²) >= 11 is 1.26. The Labute approximate surface area is 205 Å². The summed E-state index contributed by atoms with van der Waals surface area (Å²) in [4.78, 5) is 44.9. The number of para-hydroxylation sites is 1. The average Bonchev–Trinajstić information content (AvgIpc) is 3.42. The molecule has 4 rings (SSSR count). The molecule has 0 unspecified atom stereocenters. The van der Waals surface area contributed by atoms with E-state index in [0.717, 1.165) is 15.9 Å². The number of amides is 1. The maximum atomic E-state index is 13.7. The van der Waals surface area contributed by atoms with Crippen molar-refractivity contribution in [3.05, 3.63) is 68.7 Å². The number of carbonyl (C=O) groups is 1. The number of nitrogens with zero attached hydrogens (tertiary/aromatic N) is 3. The van der Waals surface area contributed by atoms with Crippen molar-refractivity contribution in [2.24, 2.45) is 5.73 Å². The summed E-state index contributed by atoms with van der Waals surface area (Å²) in [6.45, 7) is 8.87. The van der Waals surface area contributed by atoms with Crippen LogP contribution in [-0.4, -0.2) is 26.1 Å². The fourth-order valence-corrected chi connectivity index (χ4v) is 5.26. The summed E-state index contributed by atoms with van der Waals surface area (Å²) in [6, 6.07) is 7.64. The summed E-state index contributed by atoms with van der Waals surface area (Å²) in [5, 5.41) is 0.337. The van der Waals surface area contributed by atoms with Crippen molar-refractivity contribution in [3.63, 3.8) is 0 Å². The fourth-order valence-electron chi connectivity index (χ4n) is 4.00. The van der Waals surface area contributed by atoms with E-state index in [4.69, 9.17) is 14.9 Å². The minimum atomic E-state index is -1.53. The van der Waals surface area contributed by atoms with Gasteiger partial charge >= 0.3 is 5.69 Å². The van der Waals surface area contributed by atoms with Crippen molar-refractivity contribution in [1.82, 2.24) is 14.1 Å². The molecule has 0 atom stereocenters. The van der Waals surface area contributed by atoms with Gasteiger partial charge in [-0.3, -0.25) is 14.2 Å². The number of hydrogen-bond donors (Lipinski definition) is 1. The first kappa shape index (κ1) is 24.5. The average molecular weight is 497 g/mol. The first-order chi connectivity index (χ1) is 16.5. The number of rotatable bonds is 8. The molecule has 1 amide bonds. The highest BCUT2D eigenvalue weighted by Crippen LogP contribution is 2.36. The molecule has 3 heterocycles. The summed E-state index contributed by atoms with van der Waals surface area (Å²) in [5.74, 6) is 0.318. The quantitative estimate of drug-likeness (QED) is 0.399. The summed E-state index contributed by atoms with van der Waals surface area (Å²) < 4.78 is 13.9. The van der Waals surface area contributed by atoms with Crippen LogP contribution in [-0.2, 0) is 23.3 Å². The van der Waals surface area contributed by atoms with Crippen LogP contribution in [0.15, 0.2) is 50.7 Å². The van der Waals surface area contributed by atoms with Crippen molar-refractivity contribution in [2.75, 3.05) is 0 Å². The van der Waals surface area contributed by atoms with E-state index in [9.17, 15) is 14.4 Å².